The lowest BCUT2D eigenvalue weighted by Crippen LogP contribution is -2.19. The van der Waals surface area contributed by atoms with E-state index in [0.717, 1.165) is 60.2 Å². The predicted octanol–water partition coefficient (Wildman–Crippen LogP) is 6.96. The maximum Gasteiger partial charge on any atom is 0.0915 e. The van der Waals surface area contributed by atoms with Gasteiger partial charge < -0.3 is 9.89 Å². The number of hydrogen-bond donors (Lipinski definition) is 0. The molecule has 0 aliphatic heterocycles. The summed E-state index contributed by atoms with van der Waals surface area (Å²) in [6.45, 7) is 11.2. The van der Waals surface area contributed by atoms with Gasteiger partial charge in [0.2, 0.25) is 0 Å². The first-order chi connectivity index (χ1) is 15.6. The van der Waals surface area contributed by atoms with Crippen molar-refractivity contribution < 1.29 is 0 Å². The average Bonchev–Trinajstić information content (AvgIpc) is 2.84. The Morgan fingerprint density at radius 1 is 1.03 bits per heavy atom. The van der Waals surface area contributed by atoms with E-state index in [1.165, 1.54) is 16.8 Å². The highest BCUT2D eigenvalue weighted by atomic mass is 15.1. The van der Waals surface area contributed by atoms with Gasteiger partial charge in [-0.05, 0) is 85.9 Å². The molecular formula is C28H34N4. The Morgan fingerprint density at radius 3 is 2.41 bits per heavy atom. The topological polar surface area (TPSA) is 41.4 Å². The van der Waals surface area contributed by atoms with E-state index in [2.05, 4.69) is 71.7 Å². The molecule has 0 spiro atoms. The van der Waals surface area contributed by atoms with Crippen LogP contribution in [0.4, 0.5) is 11.4 Å². The Balaban J connectivity index is 2.08. The first-order valence-corrected chi connectivity index (χ1v) is 11.5. The number of nitrogens with zero attached hydrogens (tertiary/aromatic N) is 4. The zero-order valence-electron chi connectivity index (χ0n) is 19.8. The number of aryl methyl sites for hydroxylation is 2. The third-order valence-electron chi connectivity index (χ3n) is 5.73. The van der Waals surface area contributed by atoms with Crippen molar-refractivity contribution in [1.29, 1.82) is 0 Å². The number of fused-ring (bicyclic) bond motifs is 1. The first kappa shape index (κ1) is 23.4. The van der Waals surface area contributed by atoms with Gasteiger partial charge in [-0.3, -0.25) is 4.98 Å². The molecule has 32 heavy (non-hydrogen) atoms. The number of aromatic nitrogens is 2. The highest BCUT2D eigenvalue weighted by Crippen LogP contribution is 2.30. The molecule has 0 saturated carbocycles. The normalized spacial score (nSPS) is 11.9. The van der Waals surface area contributed by atoms with Gasteiger partial charge in [0.25, 0.3) is 0 Å². The van der Waals surface area contributed by atoms with E-state index in [0.29, 0.717) is 0 Å². The number of hydrogen-bond acceptors (Lipinski definition) is 4. The van der Waals surface area contributed by atoms with Gasteiger partial charge in [0.05, 0.1) is 22.9 Å². The number of benzene rings is 2. The van der Waals surface area contributed by atoms with Gasteiger partial charge >= 0.3 is 0 Å². The van der Waals surface area contributed by atoms with E-state index < -0.39 is 0 Å². The molecule has 0 aliphatic rings. The van der Waals surface area contributed by atoms with Crippen LogP contribution in [-0.4, -0.2) is 29.8 Å². The van der Waals surface area contributed by atoms with Crippen LogP contribution in [-0.2, 0) is 12.8 Å². The van der Waals surface area contributed by atoms with Crippen molar-refractivity contribution in [3.05, 3.63) is 78.1 Å². The molecule has 0 bridgehead atoms. The smallest absolute Gasteiger partial charge is 0.0915 e. The van der Waals surface area contributed by atoms with Gasteiger partial charge in [0.15, 0.2) is 0 Å². The van der Waals surface area contributed by atoms with Crippen LogP contribution in [0.3, 0.4) is 0 Å². The van der Waals surface area contributed by atoms with Crippen molar-refractivity contribution in [2.45, 2.75) is 46.5 Å². The summed E-state index contributed by atoms with van der Waals surface area (Å²) in [6, 6.07) is 13.3. The van der Waals surface area contributed by atoms with E-state index in [1.807, 2.05) is 38.5 Å². The molecule has 0 fully saturated rings. The summed E-state index contributed by atoms with van der Waals surface area (Å²) in [5, 5.41) is 0. The number of allylic oxidation sites excluding steroid dienone is 3. The molecule has 0 atom stereocenters. The molecule has 1 aromatic heterocycles. The van der Waals surface area contributed by atoms with E-state index in [9.17, 15) is 0 Å². The van der Waals surface area contributed by atoms with Crippen LogP contribution in [0.2, 0.25) is 0 Å². The minimum absolute atomic E-state index is 0.846. The third-order valence-corrected chi connectivity index (χ3v) is 5.73. The highest BCUT2D eigenvalue weighted by Gasteiger charge is 2.13. The zero-order chi connectivity index (χ0) is 22.9. The minimum Gasteiger partial charge on any atom is -0.341 e. The fraction of sp³-hybridized carbons (Fsp3) is 0.321. The van der Waals surface area contributed by atoms with Crippen LogP contribution in [0.25, 0.3) is 16.6 Å². The molecule has 0 amide bonds. The Kier molecular flexibility index (Phi) is 8.32. The maximum atomic E-state index is 4.88. The van der Waals surface area contributed by atoms with Crippen LogP contribution >= 0.6 is 0 Å². The molecular weight excluding hydrogens is 392 g/mol. The largest absolute Gasteiger partial charge is 0.341 e. The average molecular weight is 427 g/mol. The van der Waals surface area contributed by atoms with Crippen molar-refractivity contribution in [3.63, 3.8) is 0 Å². The Labute approximate surface area is 192 Å². The Morgan fingerprint density at radius 2 is 1.78 bits per heavy atom. The molecule has 2 aromatic carbocycles. The summed E-state index contributed by atoms with van der Waals surface area (Å²) in [4.78, 5) is 16.0. The van der Waals surface area contributed by atoms with Gasteiger partial charge in [0, 0.05) is 25.0 Å². The van der Waals surface area contributed by atoms with E-state index >= 15 is 0 Å². The second-order valence-electron chi connectivity index (χ2n) is 7.83. The number of anilines is 2. The van der Waals surface area contributed by atoms with Crippen LogP contribution in [0, 0.1) is 0 Å². The lowest BCUT2D eigenvalue weighted by Gasteiger charge is -2.26. The summed E-state index contributed by atoms with van der Waals surface area (Å²) < 4.78 is 0. The Hall–Kier alpha value is -3.27. The van der Waals surface area contributed by atoms with Crippen LogP contribution in [0.1, 0.15) is 50.4 Å². The summed E-state index contributed by atoms with van der Waals surface area (Å²) in [7, 11) is 1.83. The summed E-state index contributed by atoms with van der Waals surface area (Å²) in [5.74, 6) is 0. The van der Waals surface area contributed by atoms with Crippen molar-refractivity contribution in [3.8, 4) is 0 Å². The molecule has 4 nitrogen and oxygen atoms in total. The number of unbranched alkanes of at least 4 members (excludes halogenated alkanes) is 1. The molecule has 166 valence electrons. The van der Waals surface area contributed by atoms with Crippen molar-refractivity contribution >= 4 is 34.2 Å². The van der Waals surface area contributed by atoms with E-state index in [4.69, 9.17) is 4.98 Å². The molecule has 4 heteroatoms. The van der Waals surface area contributed by atoms with Gasteiger partial charge in [0.1, 0.15) is 0 Å². The summed E-state index contributed by atoms with van der Waals surface area (Å²) in [6.07, 6.45) is 11.7. The molecule has 1 heterocycles. The summed E-state index contributed by atoms with van der Waals surface area (Å²) in [5.41, 5.74) is 8.72. The minimum atomic E-state index is 0.846. The quantitative estimate of drug-likeness (QED) is 0.200. The molecule has 0 saturated heterocycles. The third kappa shape index (κ3) is 5.50. The van der Waals surface area contributed by atoms with E-state index in [-0.39, 0.29) is 0 Å². The lowest BCUT2D eigenvalue weighted by atomic mass is 10.0. The fourth-order valence-electron chi connectivity index (χ4n) is 3.86. The second-order valence-corrected chi connectivity index (χ2v) is 7.83. The van der Waals surface area contributed by atoms with Crippen LogP contribution in [0.5, 0.6) is 0 Å². The second kappa shape index (κ2) is 11.4. The molecule has 3 rings (SSSR count). The standard InChI is InChI=1S/C28H34N4/c1-6-21-16-22(7-2)18-25(17-21)32(15-11-10-14-29-5)24-12-13-26-27(19-24)31-28(20-30-26)23(8-3)9-4/h8-9,12-14,16-20H,3,6-7,10-11,15H2,1-2,4-5H3/b23-9+,29-14-. The van der Waals surface area contributed by atoms with Crippen molar-refractivity contribution in [2.24, 2.45) is 4.99 Å². The van der Waals surface area contributed by atoms with Gasteiger partial charge in [-0.15, -0.1) is 0 Å². The number of aliphatic imine (C=N–C) groups is 1. The van der Waals surface area contributed by atoms with Gasteiger partial charge in [-0.2, -0.15) is 0 Å². The fourth-order valence-corrected chi connectivity index (χ4v) is 3.86. The van der Waals surface area contributed by atoms with Crippen LogP contribution < -0.4 is 4.90 Å². The lowest BCUT2D eigenvalue weighted by molar-refractivity contribution is 0.847. The SMILES string of the molecule is C=C/C(=C\C)c1cnc2ccc(N(CCC/C=N\C)c3cc(CC)cc(CC)c3)cc2n1. The molecule has 3 aromatic rings. The number of rotatable bonds is 10. The zero-order valence-corrected chi connectivity index (χ0v) is 19.8. The molecule has 0 N–H and O–H groups in total. The maximum absolute atomic E-state index is 4.88. The summed E-state index contributed by atoms with van der Waals surface area (Å²) >= 11 is 0. The molecule has 0 unspecified atom stereocenters. The van der Waals surface area contributed by atoms with Crippen molar-refractivity contribution in [2.75, 3.05) is 18.5 Å². The molecule has 0 aliphatic carbocycles. The Bertz CT molecular complexity index is 1110. The van der Waals surface area contributed by atoms with Crippen molar-refractivity contribution in [1.82, 2.24) is 9.97 Å². The monoisotopic (exact) mass is 426 g/mol. The highest BCUT2D eigenvalue weighted by molar-refractivity contribution is 5.83. The van der Waals surface area contributed by atoms with Gasteiger partial charge in [-0.25, -0.2) is 4.98 Å². The van der Waals surface area contributed by atoms with Gasteiger partial charge in [-0.1, -0.05) is 38.6 Å². The predicted molar refractivity (Wildman–Crippen MR) is 139 cm³/mol. The molecule has 0 radical (unpaired) electrons. The van der Waals surface area contributed by atoms with E-state index in [1.54, 1.807) is 0 Å². The van der Waals surface area contributed by atoms with Crippen LogP contribution in [0.15, 0.2) is 66.3 Å². The first-order valence-electron chi connectivity index (χ1n) is 11.5.